The third-order valence-corrected chi connectivity index (χ3v) is 7.40. The Morgan fingerprint density at radius 2 is 1.56 bits per heavy atom. The molecule has 4 nitrogen and oxygen atoms in total. The molecule has 0 saturated carbocycles. The molecular formula is C28H43N3O. The number of benzene rings is 1. The number of allylic oxidation sites excluding steroid dienone is 1. The SMILES string of the molecule is CCCCCCCCC1(CCCCCC)COC12C=C(Nc1ccccc1)C=CC2N=N. The minimum absolute atomic E-state index is 0.0785. The Morgan fingerprint density at radius 3 is 2.16 bits per heavy atom. The van der Waals surface area contributed by atoms with Crippen molar-refractivity contribution >= 4 is 5.69 Å². The molecule has 3 unspecified atom stereocenters. The molecule has 1 aliphatic heterocycles. The number of rotatable bonds is 15. The van der Waals surface area contributed by atoms with Gasteiger partial charge in [0.1, 0.15) is 11.6 Å². The van der Waals surface area contributed by atoms with E-state index < -0.39 is 5.60 Å². The van der Waals surface area contributed by atoms with Gasteiger partial charge < -0.3 is 10.1 Å². The Morgan fingerprint density at radius 1 is 0.938 bits per heavy atom. The molecule has 1 aliphatic carbocycles. The summed E-state index contributed by atoms with van der Waals surface area (Å²) in [6.45, 7) is 5.34. The largest absolute Gasteiger partial charge is 0.367 e. The van der Waals surface area contributed by atoms with Crippen LogP contribution in [-0.4, -0.2) is 18.2 Å². The van der Waals surface area contributed by atoms with Gasteiger partial charge in [-0.15, -0.1) is 0 Å². The number of nitrogens with zero attached hydrogens (tertiary/aromatic N) is 1. The summed E-state index contributed by atoms with van der Waals surface area (Å²) in [6, 6.07) is 10.1. The van der Waals surface area contributed by atoms with Gasteiger partial charge in [0.2, 0.25) is 0 Å². The number of para-hydroxylation sites is 1. The van der Waals surface area contributed by atoms with E-state index in [1.165, 1.54) is 70.6 Å². The topological polar surface area (TPSA) is 57.5 Å². The van der Waals surface area contributed by atoms with Gasteiger partial charge in [0.15, 0.2) is 0 Å². The van der Waals surface area contributed by atoms with Crippen molar-refractivity contribution in [3.8, 4) is 0 Å². The van der Waals surface area contributed by atoms with Gasteiger partial charge in [0.05, 0.1) is 6.61 Å². The van der Waals surface area contributed by atoms with Crippen molar-refractivity contribution in [3.63, 3.8) is 0 Å². The lowest BCUT2D eigenvalue weighted by Gasteiger charge is -2.60. The molecule has 0 bridgehead atoms. The summed E-state index contributed by atoms with van der Waals surface area (Å²) < 4.78 is 6.42. The van der Waals surface area contributed by atoms with Gasteiger partial charge in [-0.1, -0.05) is 102 Å². The van der Waals surface area contributed by atoms with E-state index in [9.17, 15) is 0 Å². The molecule has 176 valence electrons. The zero-order chi connectivity index (χ0) is 22.7. The minimum atomic E-state index is -0.490. The van der Waals surface area contributed by atoms with Crippen LogP contribution < -0.4 is 5.32 Å². The van der Waals surface area contributed by atoms with Crippen molar-refractivity contribution in [2.24, 2.45) is 10.5 Å². The summed E-state index contributed by atoms with van der Waals surface area (Å²) in [5.74, 6) is 0. The Hall–Kier alpha value is -1.94. The van der Waals surface area contributed by atoms with Gasteiger partial charge in [-0.3, -0.25) is 0 Å². The van der Waals surface area contributed by atoms with Gasteiger partial charge in [-0.25, -0.2) is 5.53 Å². The van der Waals surface area contributed by atoms with E-state index in [-0.39, 0.29) is 11.5 Å². The fraction of sp³-hybridized carbons (Fsp3) is 0.643. The van der Waals surface area contributed by atoms with Crippen LogP contribution in [0.3, 0.4) is 0 Å². The molecule has 0 radical (unpaired) electrons. The minimum Gasteiger partial charge on any atom is -0.367 e. The molecule has 1 saturated heterocycles. The quantitative estimate of drug-likeness (QED) is 0.214. The highest BCUT2D eigenvalue weighted by atomic mass is 16.5. The first kappa shape index (κ1) is 24.7. The molecule has 1 spiro atoms. The maximum absolute atomic E-state index is 7.93. The second kappa shape index (κ2) is 12.3. The molecule has 32 heavy (non-hydrogen) atoms. The zero-order valence-electron chi connectivity index (χ0n) is 20.2. The number of hydrogen-bond acceptors (Lipinski definition) is 4. The van der Waals surface area contributed by atoms with Crippen LogP contribution in [0.5, 0.6) is 0 Å². The van der Waals surface area contributed by atoms with Gasteiger partial charge in [-0.05, 0) is 37.1 Å². The van der Waals surface area contributed by atoms with E-state index in [2.05, 4.69) is 54.6 Å². The third-order valence-electron chi connectivity index (χ3n) is 7.40. The molecule has 2 N–H and O–H groups in total. The second-order valence-corrected chi connectivity index (χ2v) is 9.71. The predicted octanol–water partition coefficient (Wildman–Crippen LogP) is 8.43. The molecule has 1 aromatic rings. The lowest BCUT2D eigenvalue weighted by Crippen LogP contribution is -2.67. The lowest BCUT2D eigenvalue weighted by molar-refractivity contribution is -0.253. The highest BCUT2D eigenvalue weighted by Crippen LogP contribution is 2.57. The fourth-order valence-corrected chi connectivity index (χ4v) is 5.44. The summed E-state index contributed by atoms with van der Waals surface area (Å²) in [7, 11) is 0. The van der Waals surface area contributed by atoms with E-state index in [1.807, 2.05) is 18.2 Å². The number of unbranched alkanes of at least 4 members (excludes halogenated alkanes) is 8. The maximum atomic E-state index is 7.93. The predicted molar refractivity (Wildman–Crippen MR) is 134 cm³/mol. The van der Waals surface area contributed by atoms with Gasteiger partial charge in [0.25, 0.3) is 0 Å². The molecule has 1 heterocycles. The van der Waals surface area contributed by atoms with Gasteiger partial charge in [0, 0.05) is 16.8 Å². The first-order chi connectivity index (χ1) is 15.7. The second-order valence-electron chi connectivity index (χ2n) is 9.71. The van der Waals surface area contributed by atoms with Crippen LogP contribution >= 0.6 is 0 Å². The van der Waals surface area contributed by atoms with Crippen molar-refractivity contribution in [2.45, 2.75) is 103 Å². The summed E-state index contributed by atoms with van der Waals surface area (Å²) in [5, 5.41) is 7.58. The molecule has 3 rings (SSSR count). The van der Waals surface area contributed by atoms with Crippen molar-refractivity contribution < 1.29 is 4.74 Å². The summed E-state index contributed by atoms with van der Waals surface area (Å²) >= 11 is 0. The number of ether oxygens (including phenoxy) is 1. The van der Waals surface area contributed by atoms with Gasteiger partial charge in [-0.2, -0.15) is 5.11 Å². The van der Waals surface area contributed by atoms with Crippen LogP contribution in [0, 0.1) is 10.9 Å². The van der Waals surface area contributed by atoms with Gasteiger partial charge >= 0.3 is 0 Å². The molecule has 4 heteroatoms. The number of hydrogen-bond donors (Lipinski definition) is 2. The molecule has 1 fully saturated rings. The smallest absolute Gasteiger partial charge is 0.124 e. The maximum Gasteiger partial charge on any atom is 0.124 e. The lowest BCUT2D eigenvalue weighted by atomic mass is 9.58. The molecule has 3 atom stereocenters. The van der Waals surface area contributed by atoms with Crippen molar-refractivity contribution in [1.29, 1.82) is 5.53 Å². The van der Waals surface area contributed by atoms with E-state index in [0.717, 1.165) is 24.4 Å². The highest BCUT2D eigenvalue weighted by molar-refractivity contribution is 5.53. The highest BCUT2D eigenvalue weighted by Gasteiger charge is 2.63. The van der Waals surface area contributed by atoms with Crippen molar-refractivity contribution in [3.05, 3.63) is 54.3 Å². The van der Waals surface area contributed by atoms with Crippen molar-refractivity contribution in [2.75, 3.05) is 11.9 Å². The standard InChI is InChI=1S/C28H43N3O/c1-3-5-7-9-10-15-21-27(20-14-8-6-4-2)23-32-28(27)22-25(18-19-26(28)31-29)30-24-16-12-11-13-17-24/h11-13,16-19,22,26,29-30H,3-10,14-15,20-21,23H2,1-2H3. The molecule has 0 aromatic heterocycles. The van der Waals surface area contributed by atoms with E-state index >= 15 is 0 Å². The van der Waals surface area contributed by atoms with Crippen LogP contribution in [0.2, 0.25) is 0 Å². The first-order valence-electron chi connectivity index (χ1n) is 12.9. The third kappa shape index (κ3) is 5.70. The zero-order valence-corrected chi connectivity index (χ0v) is 20.2. The van der Waals surface area contributed by atoms with Crippen LogP contribution in [0.4, 0.5) is 5.69 Å². The Bertz CT molecular complexity index is 759. The van der Waals surface area contributed by atoms with E-state index in [1.54, 1.807) is 0 Å². The Kier molecular flexibility index (Phi) is 9.52. The summed E-state index contributed by atoms with van der Waals surface area (Å²) in [6.07, 6.45) is 21.6. The molecule has 0 amide bonds. The Labute approximate surface area is 195 Å². The normalized spacial score (nSPS) is 26.6. The van der Waals surface area contributed by atoms with E-state index in [4.69, 9.17) is 10.3 Å². The van der Waals surface area contributed by atoms with Crippen LogP contribution in [0.1, 0.15) is 90.9 Å². The molecule has 1 aromatic carbocycles. The fourth-order valence-electron chi connectivity index (χ4n) is 5.44. The monoisotopic (exact) mass is 437 g/mol. The Balaban J connectivity index is 1.77. The van der Waals surface area contributed by atoms with Crippen LogP contribution in [0.15, 0.2) is 59.4 Å². The van der Waals surface area contributed by atoms with E-state index in [0.29, 0.717) is 0 Å². The molecule has 2 aliphatic rings. The van der Waals surface area contributed by atoms with Crippen LogP contribution in [0.25, 0.3) is 0 Å². The average Bonchev–Trinajstić information content (AvgIpc) is 2.82. The summed E-state index contributed by atoms with van der Waals surface area (Å²) in [4.78, 5) is 0. The average molecular weight is 438 g/mol. The number of nitrogens with one attached hydrogen (secondary N) is 2. The summed E-state index contributed by atoms with van der Waals surface area (Å²) in [5.41, 5.74) is 9.64. The molecular weight excluding hydrogens is 394 g/mol. The first-order valence-corrected chi connectivity index (χ1v) is 12.9. The van der Waals surface area contributed by atoms with Crippen LogP contribution in [-0.2, 0) is 4.74 Å². The van der Waals surface area contributed by atoms with Crippen molar-refractivity contribution in [1.82, 2.24) is 0 Å². The number of anilines is 1.